The van der Waals surface area contributed by atoms with Crippen LogP contribution in [0.25, 0.3) is 0 Å². The lowest BCUT2D eigenvalue weighted by atomic mass is 10.1. The van der Waals surface area contributed by atoms with Crippen LogP contribution in [0.2, 0.25) is 0 Å². The minimum absolute atomic E-state index is 0.0152. The number of anilines is 1. The zero-order chi connectivity index (χ0) is 16.5. The van der Waals surface area contributed by atoms with E-state index in [-0.39, 0.29) is 5.57 Å². The third kappa shape index (κ3) is 5.29. The van der Waals surface area contributed by atoms with E-state index in [0.717, 1.165) is 17.7 Å². The quantitative estimate of drug-likeness (QED) is 0.635. The summed E-state index contributed by atoms with van der Waals surface area (Å²) in [4.78, 5) is 16.2. The van der Waals surface area contributed by atoms with E-state index in [0.29, 0.717) is 12.4 Å². The smallest absolute Gasteiger partial charge is 0.263 e. The molecule has 5 heteroatoms. The van der Waals surface area contributed by atoms with Gasteiger partial charge in [-0.1, -0.05) is 36.4 Å². The molecule has 5 nitrogen and oxygen atoms in total. The van der Waals surface area contributed by atoms with Crippen LogP contribution >= 0.6 is 0 Å². The second kappa shape index (κ2) is 8.35. The molecule has 0 bridgehead atoms. The summed E-state index contributed by atoms with van der Waals surface area (Å²) in [5, 5.41) is 14.7. The van der Waals surface area contributed by atoms with Gasteiger partial charge in [-0.2, -0.15) is 5.26 Å². The summed E-state index contributed by atoms with van der Waals surface area (Å²) in [6.07, 6.45) is 2.10. The third-order valence-corrected chi connectivity index (χ3v) is 3.16. The van der Waals surface area contributed by atoms with Crippen LogP contribution in [-0.2, 0) is 11.2 Å². The van der Waals surface area contributed by atoms with Gasteiger partial charge in [0.15, 0.2) is 0 Å². The van der Waals surface area contributed by atoms with Crippen molar-refractivity contribution >= 4 is 11.7 Å². The lowest BCUT2D eigenvalue weighted by molar-refractivity contribution is -0.117. The minimum atomic E-state index is -0.399. The number of carbonyl (C=O) groups is 1. The number of nitrogens with zero attached hydrogens (tertiary/aromatic N) is 2. The summed E-state index contributed by atoms with van der Waals surface area (Å²) in [5.41, 5.74) is 2.01. The Hall–Kier alpha value is -3.13. The predicted molar refractivity (Wildman–Crippen MR) is 89.4 cm³/mol. The molecule has 2 N–H and O–H groups in total. The molecule has 0 saturated carbocycles. The number of hydrogen-bond donors (Lipinski definition) is 2. The van der Waals surface area contributed by atoms with E-state index < -0.39 is 5.91 Å². The second-order valence-corrected chi connectivity index (χ2v) is 4.97. The van der Waals surface area contributed by atoms with Gasteiger partial charge in [0.25, 0.3) is 5.91 Å². The topological polar surface area (TPSA) is 77.8 Å². The Bertz CT molecular complexity index is 732. The van der Waals surface area contributed by atoms with Crippen molar-refractivity contribution in [2.75, 3.05) is 11.9 Å². The number of benzene rings is 1. The molecule has 0 aliphatic rings. The summed E-state index contributed by atoms with van der Waals surface area (Å²) in [7, 11) is 0. The van der Waals surface area contributed by atoms with Gasteiger partial charge in [-0.15, -0.1) is 0 Å². The number of carbonyl (C=O) groups excluding carboxylic acids is 1. The maximum atomic E-state index is 12.0. The highest BCUT2D eigenvalue weighted by Gasteiger charge is 2.08. The monoisotopic (exact) mass is 306 g/mol. The number of nitrogens with one attached hydrogen (secondary N) is 2. The van der Waals surface area contributed by atoms with E-state index in [1.54, 1.807) is 6.07 Å². The Morgan fingerprint density at radius 3 is 2.70 bits per heavy atom. The first-order chi connectivity index (χ1) is 11.2. The molecule has 1 heterocycles. The molecule has 0 radical (unpaired) electrons. The van der Waals surface area contributed by atoms with Gasteiger partial charge in [0.2, 0.25) is 0 Å². The van der Waals surface area contributed by atoms with E-state index in [1.807, 2.05) is 55.5 Å². The number of amides is 1. The van der Waals surface area contributed by atoms with E-state index in [4.69, 9.17) is 5.26 Å². The van der Waals surface area contributed by atoms with Gasteiger partial charge in [0.05, 0.1) is 0 Å². The summed E-state index contributed by atoms with van der Waals surface area (Å²) in [5.74, 6) is 0.193. The minimum Gasteiger partial charge on any atom is -0.351 e. The molecule has 0 unspecified atom stereocenters. The summed E-state index contributed by atoms with van der Waals surface area (Å²) >= 11 is 0. The van der Waals surface area contributed by atoms with Crippen molar-refractivity contribution in [2.45, 2.75) is 13.3 Å². The van der Waals surface area contributed by atoms with Crippen LogP contribution in [0.3, 0.4) is 0 Å². The van der Waals surface area contributed by atoms with Gasteiger partial charge in [0.1, 0.15) is 17.5 Å². The van der Waals surface area contributed by atoms with Gasteiger partial charge >= 0.3 is 0 Å². The Labute approximate surface area is 135 Å². The largest absolute Gasteiger partial charge is 0.351 e. The van der Waals surface area contributed by atoms with Gasteiger partial charge < -0.3 is 10.6 Å². The average molecular weight is 306 g/mol. The first-order valence-corrected chi connectivity index (χ1v) is 7.31. The van der Waals surface area contributed by atoms with Gasteiger partial charge in [-0.05, 0) is 31.0 Å². The van der Waals surface area contributed by atoms with E-state index in [1.165, 1.54) is 6.20 Å². The second-order valence-electron chi connectivity index (χ2n) is 4.97. The maximum absolute atomic E-state index is 12.0. The van der Waals surface area contributed by atoms with E-state index in [9.17, 15) is 4.79 Å². The molecule has 1 aromatic carbocycles. The maximum Gasteiger partial charge on any atom is 0.263 e. The fraction of sp³-hybridized carbons (Fsp3) is 0.167. The van der Waals surface area contributed by atoms with Crippen LogP contribution in [0.4, 0.5) is 5.82 Å². The molecule has 0 atom stereocenters. The molecule has 0 aliphatic carbocycles. The van der Waals surface area contributed by atoms with Gasteiger partial charge in [-0.3, -0.25) is 4.79 Å². The van der Waals surface area contributed by atoms with Gasteiger partial charge in [0, 0.05) is 18.4 Å². The highest BCUT2D eigenvalue weighted by Crippen LogP contribution is 2.05. The zero-order valence-electron chi connectivity index (χ0n) is 12.9. The van der Waals surface area contributed by atoms with Crippen molar-refractivity contribution < 1.29 is 4.79 Å². The zero-order valence-corrected chi connectivity index (χ0v) is 12.9. The average Bonchev–Trinajstić information content (AvgIpc) is 2.56. The van der Waals surface area contributed by atoms with Crippen molar-refractivity contribution in [3.05, 3.63) is 71.6 Å². The standard InChI is InChI=1S/C18H18N4O/c1-14-6-5-9-17(22-14)21-13-16(12-19)18(23)20-11-10-15-7-3-2-4-8-15/h2-9,13H,10-11H2,1H3,(H,20,23)(H,21,22)/b16-13-. The number of aryl methyl sites for hydroxylation is 1. The Kier molecular flexibility index (Phi) is 5.89. The molecule has 1 amide bonds. The number of nitriles is 1. The SMILES string of the molecule is Cc1cccc(N/C=C(/C#N)C(=O)NCCc2ccccc2)n1. The fourth-order valence-electron chi connectivity index (χ4n) is 1.98. The molecule has 116 valence electrons. The molecule has 0 fully saturated rings. The van der Waals surface area contributed by atoms with Crippen LogP contribution in [0, 0.1) is 18.3 Å². The summed E-state index contributed by atoms with van der Waals surface area (Å²) in [6, 6.07) is 17.2. The first kappa shape index (κ1) is 16.2. The van der Waals surface area contributed by atoms with Crippen molar-refractivity contribution in [1.82, 2.24) is 10.3 Å². The Morgan fingerprint density at radius 2 is 2.00 bits per heavy atom. The van der Waals surface area contributed by atoms with Crippen LogP contribution in [0.1, 0.15) is 11.3 Å². The van der Waals surface area contributed by atoms with E-state index >= 15 is 0 Å². The number of pyridine rings is 1. The molecular weight excluding hydrogens is 288 g/mol. The first-order valence-electron chi connectivity index (χ1n) is 7.31. The number of hydrogen-bond acceptors (Lipinski definition) is 4. The van der Waals surface area contributed by atoms with Crippen molar-refractivity contribution in [3.8, 4) is 6.07 Å². The number of aromatic nitrogens is 1. The van der Waals surface area contributed by atoms with Crippen molar-refractivity contribution in [2.24, 2.45) is 0 Å². The van der Waals surface area contributed by atoms with Crippen LogP contribution in [0.5, 0.6) is 0 Å². The lowest BCUT2D eigenvalue weighted by Crippen LogP contribution is -2.27. The fourth-order valence-corrected chi connectivity index (χ4v) is 1.98. The van der Waals surface area contributed by atoms with E-state index in [2.05, 4.69) is 15.6 Å². The normalized spacial score (nSPS) is 10.7. The Balaban J connectivity index is 1.88. The van der Waals surface area contributed by atoms with Crippen LogP contribution < -0.4 is 10.6 Å². The molecule has 2 aromatic rings. The molecule has 0 saturated heterocycles. The lowest BCUT2D eigenvalue weighted by Gasteiger charge is -2.05. The molecule has 1 aromatic heterocycles. The molecule has 0 aliphatic heterocycles. The molecule has 23 heavy (non-hydrogen) atoms. The highest BCUT2D eigenvalue weighted by molar-refractivity contribution is 5.97. The van der Waals surface area contributed by atoms with Gasteiger partial charge in [-0.25, -0.2) is 4.98 Å². The Morgan fingerprint density at radius 1 is 1.22 bits per heavy atom. The summed E-state index contributed by atoms with van der Waals surface area (Å²) in [6.45, 7) is 2.35. The van der Waals surface area contributed by atoms with Crippen molar-refractivity contribution in [3.63, 3.8) is 0 Å². The van der Waals surface area contributed by atoms with Crippen molar-refractivity contribution in [1.29, 1.82) is 5.26 Å². The summed E-state index contributed by atoms with van der Waals surface area (Å²) < 4.78 is 0. The predicted octanol–water partition coefficient (Wildman–Crippen LogP) is 2.57. The third-order valence-electron chi connectivity index (χ3n) is 3.16. The molecule has 2 rings (SSSR count). The molecular formula is C18H18N4O. The van der Waals surface area contributed by atoms with Crippen LogP contribution in [-0.4, -0.2) is 17.4 Å². The van der Waals surface area contributed by atoms with Crippen LogP contribution in [0.15, 0.2) is 60.3 Å². The molecule has 0 spiro atoms. The highest BCUT2D eigenvalue weighted by atomic mass is 16.1. The number of rotatable bonds is 6.